The molecule has 0 saturated heterocycles. The number of aromatic amines is 1. The van der Waals surface area contributed by atoms with Gasteiger partial charge in [0, 0.05) is 11.8 Å². The van der Waals surface area contributed by atoms with Crippen molar-refractivity contribution in [2.45, 2.75) is 19.9 Å². The molecule has 0 aliphatic carbocycles. The summed E-state index contributed by atoms with van der Waals surface area (Å²) in [5.41, 5.74) is 0.294. The Bertz CT molecular complexity index is 1140. The molecule has 0 bridgehead atoms. The molecule has 0 radical (unpaired) electrons. The molecule has 2 heterocycles. The van der Waals surface area contributed by atoms with Gasteiger partial charge < -0.3 is 19.0 Å². The van der Waals surface area contributed by atoms with Gasteiger partial charge in [0.05, 0.1) is 31.2 Å². The molecule has 0 saturated carbocycles. The highest BCUT2D eigenvalue weighted by Crippen LogP contribution is 2.31. The maximum Gasteiger partial charge on any atom is 0.266 e. The number of para-hydroxylation sites is 1. The molecule has 0 atom stereocenters. The van der Waals surface area contributed by atoms with Gasteiger partial charge in [-0.05, 0) is 24.6 Å². The van der Waals surface area contributed by atoms with Gasteiger partial charge in [-0.25, -0.2) is 0 Å². The normalized spacial score (nSPS) is 10.6. The zero-order valence-corrected chi connectivity index (χ0v) is 15.1. The van der Waals surface area contributed by atoms with Crippen molar-refractivity contribution in [3.63, 3.8) is 0 Å². The third kappa shape index (κ3) is 3.55. The molecular weight excluding hydrogens is 346 g/mol. The first-order valence-electron chi connectivity index (χ1n) is 8.54. The van der Waals surface area contributed by atoms with Gasteiger partial charge in [-0.2, -0.15) is 5.26 Å². The maximum atomic E-state index is 12.9. The number of fused-ring (bicyclic) bond motifs is 1. The average Bonchev–Trinajstić information content (AvgIpc) is 2.68. The summed E-state index contributed by atoms with van der Waals surface area (Å²) < 4.78 is 12.7. The maximum absolute atomic E-state index is 12.9. The lowest BCUT2D eigenvalue weighted by molar-refractivity contribution is 0.290. The van der Waals surface area contributed by atoms with Crippen LogP contribution in [0.25, 0.3) is 10.9 Å². The first-order valence-corrected chi connectivity index (χ1v) is 8.54. The van der Waals surface area contributed by atoms with Gasteiger partial charge >= 0.3 is 0 Å². The number of benzene rings is 1. The van der Waals surface area contributed by atoms with Crippen molar-refractivity contribution in [1.82, 2.24) is 9.55 Å². The Morgan fingerprint density at radius 3 is 2.78 bits per heavy atom. The van der Waals surface area contributed by atoms with E-state index in [0.717, 1.165) is 12.0 Å². The van der Waals surface area contributed by atoms with Crippen LogP contribution in [0, 0.1) is 11.3 Å². The summed E-state index contributed by atoms with van der Waals surface area (Å²) in [4.78, 5) is 27.2. The molecule has 1 N–H and O–H groups in total. The summed E-state index contributed by atoms with van der Waals surface area (Å²) in [6.07, 6.45) is 2.45. The lowest BCUT2D eigenvalue weighted by Gasteiger charge is -2.16. The fourth-order valence-corrected chi connectivity index (χ4v) is 2.85. The summed E-state index contributed by atoms with van der Waals surface area (Å²) >= 11 is 0. The Hall–Kier alpha value is -3.53. The number of nitriles is 1. The number of pyridine rings is 2. The van der Waals surface area contributed by atoms with Crippen LogP contribution in [0.2, 0.25) is 0 Å². The second kappa shape index (κ2) is 7.79. The lowest BCUT2D eigenvalue weighted by atomic mass is 10.1. The molecule has 0 aliphatic rings. The van der Waals surface area contributed by atoms with Gasteiger partial charge in [-0.3, -0.25) is 9.59 Å². The van der Waals surface area contributed by atoms with Crippen LogP contribution in [0.15, 0.2) is 46.1 Å². The monoisotopic (exact) mass is 365 g/mol. The van der Waals surface area contributed by atoms with Crippen LogP contribution in [-0.4, -0.2) is 23.3 Å². The number of nitrogens with one attached hydrogen (secondary N) is 1. The molecule has 0 fully saturated rings. The van der Waals surface area contributed by atoms with Gasteiger partial charge in [0.2, 0.25) is 0 Å². The average molecular weight is 365 g/mol. The molecule has 0 spiro atoms. The lowest BCUT2D eigenvalue weighted by Crippen LogP contribution is -2.22. The summed E-state index contributed by atoms with van der Waals surface area (Å²) in [6, 6.07) is 10.3. The van der Waals surface area contributed by atoms with E-state index < -0.39 is 5.56 Å². The minimum atomic E-state index is -0.509. The first-order chi connectivity index (χ1) is 13.1. The Balaban J connectivity index is 2.09. The Morgan fingerprint density at radius 1 is 1.26 bits per heavy atom. The molecule has 7 heteroatoms. The van der Waals surface area contributed by atoms with E-state index in [4.69, 9.17) is 14.7 Å². The van der Waals surface area contributed by atoms with Crippen LogP contribution in [0.4, 0.5) is 0 Å². The number of hydrogen-bond donors (Lipinski definition) is 1. The van der Waals surface area contributed by atoms with Crippen LogP contribution in [0.5, 0.6) is 11.5 Å². The number of ether oxygens (including phenoxy) is 2. The predicted octanol–water partition coefficient (Wildman–Crippen LogP) is 2.41. The van der Waals surface area contributed by atoms with Crippen molar-refractivity contribution in [1.29, 1.82) is 5.26 Å². The number of rotatable bonds is 6. The quantitative estimate of drug-likeness (QED) is 0.723. The van der Waals surface area contributed by atoms with Crippen LogP contribution in [0.3, 0.4) is 0 Å². The molecular formula is C20H19N3O4. The molecule has 7 nitrogen and oxygen atoms in total. The molecule has 27 heavy (non-hydrogen) atoms. The van der Waals surface area contributed by atoms with E-state index in [0.29, 0.717) is 23.6 Å². The SMILES string of the molecule is CCCOc1c(Cn2ccc3[nH]c(=O)c(C#N)cc3c2=O)cccc1OC. The van der Waals surface area contributed by atoms with Crippen LogP contribution in [-0.2, 0) is 6.54 Å². The van der Waals surface area contributed by atoms with E-state index in [-0.39, 0.29) is 23.1 Å². The zero-order valence-electron chi connectivity index (χ0n) is 15.1. The van der Waals surface area contributed by atoms with Gasteiger partial charge in [0.25, 0.3) is 11.1 Å². The third-order valence-corrected chi connectivity index (χ3v) is 4.18. The van der Waals surface area contributed by atoms with E-state index in [1.54, 1.807) is 25.4 Å². The molecule has 3 rings (SSSR count). The molecule has 0 amide bonds. The Morgan fingerprint density at radius 2 is 2.07 bits per heavy atom. The van der Waals surface area contributed by atoms with E-state index in [9.17, 15) is 9.59 Å². The standard InChI is InChI=1S/C20H19N3O4/c1-3-9-27-18-13(5-4-6-17(18)26-2)12-23-8-7-16-15(20(23)25)10-14(11-21)19(24)22-16/h4-8,10H,3,9,12H2,1-2H3,(H,22,24). The fourth-order valence-electron chi connectivity index (χ4n) is 2.85. The Labute approximate surface area is 155 Å². The summed E-state index contributed by atoms with van der Waals surface area (Å²) in [5.74, 6) is 1.21. The summed E-state index contributed by atoms with van der Waals surface area (Å²) in [6.45, 7) is 2.81. The summed E-state index contributed by atoms with van der Waals surface area (Å²) in [7, 11) is 1.57. The van der Waals surface area contributed by atoms with E-state index in [1.165, 1.54) is 10.6 Å². The van der Waals surface area contributed by atoms with Gasteiger partial charge in [0.1, 0.15) is 11.6 Å². The van der Waals surface area contributed by atoms with Crippen LogP contribution < -0.4 is 20.6 Å². The number of aromatic nitrogens is 2. The molecule has 1 aromatic carbocycles. The second-order valence-corrected chi connectivity index (χ2v) is 6.00. The molecule has 0 aliphatic heterocycles. The number of hydrogen-bond acceptors (Lipinski definition) is 5. The number of methoxy groups -OCH3 is 1. The van der Waals surface area contributed by atoms with Crippen LogP contribution >= 0.6 is 0 Å². The van der Waals surface area contributed by atoms with E-state index in [1.807, 2.05) is 25.1 Å². The first kappa shape index (κ1) is 18.3. The number of nitrogens with zero attached hydrogens (tertiary/aromatic N) is 2. The highest BCUT2D eigenvalue weighted by molar-refractivity contribution is 5.78. The van der Waals surface area contributed by atoms with Crippen LogP contribution in [0.1, 0.15) is 24.5 Å². The Kier molecular flexibility index (Phi) is 5.27. The minimum Gasteiger partial charge on any atom is -0.493 e. The van der Waals surface area contributed by atoms with Crippen molar-refractivity contribution in [2.75, 3.05) is 13.7 Å². The molecule has 3 aromatic rings. The molecule has 0 unspecified atom stereocenters. The smallest absolute Gasteiger partial charge is 0.266 e. The van der Waals surface area contributed by atoms with E-state index in [2.05, 4.69) is 4.98 Å². The highest BCUT2D eigenvalue weighted by Gasteiger charge is 2.13. The van der Waals surface area contributed by atoms with Crippen molar-refractivity contribution in [3.8, 4) is 17.6 Å². The van der Waals surface area contributed by atoms with Crippen molar-refractivity contribution in [3.05, 3.63) is 68.4 Å². The van der Waals surface area contributed by atoms with Gasteiger partial charge in [0.15, 0.2) is 11.5 Å². The molecule has 138 valence electrons. The fraction of sp³-hybridized carbons (Fsp3) is 0.250. The zero-order chi connectivity index (χ0) is 19.4. The van der Waals surface area contributed by atoms with Crippen molar-refractivity contribution in [2.24, 2.45) is 0 Å². The highest BCUT2D eigenvalue weighted by atomic mass is 16.5. The minimum absolute atomic E-state index is 0.0919. The second-order valence-electron chi connectivity index (χ2n) is 6.00. The summed E-state index contributed by atoms with van der Waals surface area (Å²) in [5, 5.41) is 9.33. The topological polar surface area (TPSA) is 97.1 Å². The van der Waals surface area contributed by atoms with Gasteiger partial charge in [-0.1, -0.05) is 19.1 Å². The predicted molar refractivity (Wildman–Crippen MR) is 101 cm³/mol. The van der Waals surface area contributed by atoms with E-state index >= 15 is 0 Å². The van der Waals surface area contributed by atoms with Crippen molar-refractivity contribution >= 4 is 10.9 Å². The molecule has 2 aromatic heterocycles. The number of H-pyrrole nitrogens is 1. The van der Waals surface area contributed by atoms with Gasteiger partial charge in [-0.15, -0.1) is 0 Å². The van der Waals surface area contributed by atoms with Crippen molar-refractivity contribution < 1.29 is 9.47 Å². The largest absolute Gasteiger partial charge is 0.493 e. The third-order valence-electron chi connectivity index (χ3n) is 4.18.